The first-order valence-electron chi connectivity index (χ1n) is 16.2. The molecule has 1 N–H and O–H groups in total. The molecule has 2 aromatic carbocycles. The summed E-state index contributed by atoms with van der Waals surface area (Å²) in [7, 11) is 0. The van der Waals surface area contributed by atoms with Gasteiger partial charge in [0.1, 0.15) is 17.1 Å². The van der Waals surface area contributed by atoms with E-state index >= 15 is 0 Å². The van der Waals surface area contributed by atoms with Gasteiger partial charge in [-0.3, -0.25) is 0 Å². The average Bonchev–Trinajstić information content (AvgIpc) is 3.62. The molecule has 0 radical (unpaired) electrons. The van der Waals surface area contributed by atoms with Gasteiger partial charge in [0.2, 0.25) is 0 Å². The summed E-state index contributed by atoms with van der Waals surface area (Å²) in [6.45, 7) is 13.3. The topological polar surface area (TPSA) is 69.9 Å². The van der Waals surface area contributed by atoms with Crippen molar-refractivity contribution in [3.63, 3.8) is 0 Å². The van der Waals surface area contributed by atoms with Crippen molar-refractivity contribution in [2.45, 2.75) is 77.1 Å². The second kappa shape index (κ2) is 11.0. The first-order valence-corrected chi connectivity index (χ1v) is 16.2. The SMILES string of the molecule is Cc1ccn2c1C1(CCN(C(=O)OC(C)(C)C)CC1)Oc1ccccc1-2.Cc1ccn2c1C1(CCNCC1)Oc1ccccc1-2. The van der Waals surface area contributed by atoms with Gasteiger partial charge in [-0.1, -0.05) is 24.3 Å². The molecule has 4 aromatic rings. The van der Waals surface area contributed by atoms with Gasteiger partial charge < -0.3 is 33.6 Å². The van der Waals surface area contributed by atoms with Gasteiger partial charge in [-0.25, -0.2) is 4.79 Å². The van der Waals surface area contributed by atoms with E-state index in [-0.39, 0.29) is 17.3 Å². The number of carbonyl (C=O) groups is 1. The molecule has 0 saturated carbocycles. The number of likely N-dealkylation sites (tertiary alicyclic amines) is 1. The minimum atomic E-state index is -0.474. The quantitative estimate of drug-likeness (QED) is 0.229. The molecule has 2 aromatic heterocycles. The first kappa shape index (κ1) is 29.5. The van der Waals surface area contributed by atoms with Crippen LogP contribution in [0, 0.1) is 13.8 Å². The van der Waals surface area contributed by atoms with Crippen LogP contribution >= 0.6 is 0 Å². The van der Waals surface area contributed by atoms with Crippen molar-refractivity contribution in [3.8, 4) is 22.9 Å². The van der Waals surface area contributed by atoms with E-state index < -0.39 is 5.60 Å². The Labute approximate surface area is 265 Å². The van der Waals surface area contributed by atoms with Crippen molar-refractivity contribution in [1.82, 2.24) is 19.4 Å². The second-order valence-corrected chi connectivity index (χ2v) is 13.8. The lowest BCUT2D eigenvalue weighted by molar-refractivity contribution is -0.0271. The molecule has 1 amide bonds. The van der Waals surface area contributed by atoms with Crippen LogP contribution in [0.4, 0.5) is 4.79 Å². The van der Waals surface area contributed by atoms with Crippen LogP contribution in [0.3, 0.4) is 0 Å². The number of aryl methyl sites for hydroxylation is 2. The minimum Gasteiger partial charge on any atom is -0.479 e. The highest BCUT2D eigenvalue weighted by Gasteiger charge is 2.46. The molecule has 6 heterocycles. The lowest BCUT2D eigenvalue weighted by Crippen LogP contribution is -2.51. The smallest absolute Gasteiger partial charge is 0.410 e. The van der Waals surface area contributed by atoms with Crippen molar-refractivity contribution in [2.24, 2.45) is 0 Å². The number of hydrogen-bond donors (Lipinski definition) is 1. The van der Waals surface area contributed by atoms with Gasteiger partial charge in [0.25, 0.3) is 0 Å². The number of carbonyl (C=O) groups excluding carboxylic acids is 1. The number of para-hydroxylation sites is 4. The third kappa shape index (κ3) is 5.19. The van der Waals surface area contributed by atoms with Crippen molar-refractivity contribution in [2.75, 3.05) is 26.2 Å². The predicted octanol–water partition coefficient (Wildman–Crippen LogP) is 7.16. The van der Waals surface area contributed by atoms with Crippen LogP contribution in [0.25, 0.3) is 11.4 Å². The molecule has 4 aliphatic heterocycles. The third-order valence-electron chi connectivity index (χ3n) is 9.53. The molecule has 2 fully saturated rings. The van der Waals surface area contributed by atoms with E-state index in [1.807, 2.05) is 39.0 Å². The molecule has 45 heavy (non-hydrogen) atoms. The number of benzene rings is 2. The summed E-state index contributed by atoms with van der Waals surface area (Å²) in [6.07, 6.45) is 7.63. The normalized spacial score (nSPS) is 18.7. The number of nitrogens with zero attached hydrogens (tertiary/aromatic N) is 3. The highest BCUT2D eigenvalue weighted by molar-refractivity contribution is 5.68. The van der Waals surface area contributed by atoms with Gasteiger partial charge in [-0.2, -0.15) is 0 Å². The van der Waals surface area contributed by atoms with E-state index in [1.54, 1.807) is 4.90 Å². The van der Waals surface area contributed by atoms with Crippen LogP contribution in [-0.4, -0.2) is 51.9 Å². The van der Waals surface area contributed by atoms with Crippen molar-refractivity contribution in [3.05, 3.63) is 95.6 Å². The second-order valence-electron chi connectivity index (χ2n) is 13.8. The Morgan fingerprint density at radius 1 is 0.733 bits per heavy atom. The Morgan fingerprint density at radius 2 is 1.20 bits per heavy atom. The number of aromatic nitrogens is 2. The largest absolute Gasteiger partial charge is 0.479 e. The van der Waals surface area contributed by atoms with E-state index in [0.29, 0.717) is 13.1 Å². The lowest BCUT2D eigenvalue weighted by Gasteiger charge is -2.45. The lowest BCUT2D eigenvalue weighted by atomic mass is 9.85. The van der Waals surface area contributed by atoms with E-state index in [4.69, 9.17) is 14.2 Å². The minimum absolute atomic E-state index is 0.146. The van der Waals surface area contributed by atoms with Crippen LogP contribution < -0.4 is 14.8 Å². The zero-order valence-electron chi connectivity index (χ0n) is 27.1. The molecule has 8 rings (SSSR count). The van der Waals surface area contributed by atoms with E-state index in [0.717, 1.165) is 61.6 Å². The molecular weight excluding hydrogens is 564 g/mol. The Morgan fingerprint density at radius 3 is 1.69 bits per heavy atom. The summed E-state index contributed by atoms with van der Waals surface area (Å²) in [5.74, 6) is 1.91. The van der Waals surface area contributed by atoms with Gasteiger partial charge in [-0.15, -0.1) is 0 Å². The molecule has 236 valence electrons. The molecular formula is C37H44N4O4. The molecule has 8 nitrogen and oxygen atoms in total. The maximum atomic E-state index is 12.4. The summed E-state index contributed by atoms with van der Waals surface area (Å²) < 4.78 is 23.1. The first-order chi connectivity index (χ1) is 21.6. The molecule has 4 aliphatic rings. The van der Waals surface area contributed by atoms with Crippen molar-refractivity contribution >= 4 is 6.09 Å². The molecule has 2 spiro atoms. The summed E-state index contributed by atoms with van der Waals surface area (Å²) in [5, 5.41) is 3.43. The fraction of sp³-hybridized carbons (Fsp3) is 0.432. The fourth-order valence-corrected chi connectivity index (χ4v) is 7.51. The zero-order chi connectivity index (χ0) is 31.4. The molecule has 8 heteroatoms. The highest BCUT2D eigenvalue weighted by atomic mass is 16.6. The van der Waals surface area contributed by atoms with Gasteiger partial charge in [-0.05, 0) is 95.2 Å². The van der Waals surface area contributed by atoms with E-state index in [2.05, 4.69) is 83.2 Å². The number of piperidine rings is 2. The number of nitrogens with one attached hydrogen (secondary N) is 1. The maximum absolute atomic E-state index is 12.4. The van der Waals surface area contributed by atoms with Crippen LogP contribution in [0.5, 0.6) is 11.5 Å². The molecule has 0 atom stereocenters. The highest BCUT2D eigenvalue weighted by Crippen LogP contribution is 2.47. The van der Waals surface area contributed by atoms with Gasteiger partial charge in [0.05, 0.1) is 22.8 Å². The third-order valence-corrected chi connectivity index (χ3v) is 9.53. The van der Waals surface area contributed by atoms with Crippen LogP contribution in [0.15, 0.2) is 73.1 Å². The van der Waals surface area contributed by atoms with Gasteiger partial charge in [0, 0.05) is 51.2 Å². The van der Waals surface area contributed by atoms with Crippen LogP contribution in [0.2, 0.25) is 0 Å². The Hall–Kier alpha value is -4.17. The zero-order valence-corrected chi connectivity index (χ0v) is 27.1. The number of amides is 1. The number of hydrogen-bond acceptors (Lipinski definition) is 5. The standard InChI is InChI=1S/C21H26N2O3.C16H18N2O/c1-15-9-12-23-16-7-5-6-8-17(16)25-21(18(15)23)10-13-22(14-11-21)19(24)26-20(2,3)4;1-12-6-11-18-13-4-2-3-5-14(13)19-16(15(12)18)7-9-17-10-8-16/h5-9,12H,10-11,13-14H2,1-4H3;2-6,11,17H,7-10H2,1H3. The van der Waals surface area contributed by atoms with Crippen molar-refractivity contribution in [1.29, 1.82) is 0 Å². The van der Waals surface area contributed by atoms with E-state index in [1.165, 1.54) is 22.5 Å². The summed E-state index contributed by atoms with van der Waals surface area (Å²) >= 11 is 0. The molecule has 0 bridgehead atoms. The fourth-order valence-electron chi connectivity index (χ4n) is 7.51. The van der Waals surface area contributed by atoms with E-state index in [9.17, 15) is 4.79 Å². The van der Waals surface area contributed by atoms with Crippen LogP contribution in [-0.2, 0) is 15.9 Å². The van der Waals surface area contributed by atoms with Gasteiger partial charge in [0.15, 0.2) is 11.2 Å². The predicted molar refractivity (Wildman–Crippen MR) is 175 cm³/mol. The number of ether oxygens (including phenoxy) is 3. The molecule has 0 unspecified atom stereocenters. The van der Waals surface area contributed by atoms with Crippen molar-refractivity contribution < 1.29 is 19.0 Å². The Bertz CT molecular complexity index is 1710. The van der Waals surface area contributed by atoms with Crippen LogP contribution in [0.1, 0.15) is 69.0 Å². The summed E-state index contributed by atoms with van der Waals surface area (Å²) in [6, 6.07) is 20.8. The maximum Gasteiger partial charge on any atom is 0.410 e. The average molecular weight is 609 g/mol. The molecule has 2 saturated heterocycles. The number of rotatable bonds is 0. The Balaban J connectivity index is 0.000000151. The number of fused-ring (bicyclic) bond motifs is 8. The monoisotopic (exact) mass is 608 g/mol. The van der Waals surface area contributed by atoms with Gasteiger partial charge >= 0.3 is 6.09 Å². The molecule has 0 aliphatic carbocycles. The summed E-state index contributed by atoms with van der Waals surface area (Å²) in [4.78, 5) is 14.2. The Kier molecular flexibility index (Phi) is 7.23. The summed E-state index contributed by atoms with van der Waals surface area (Å²) in [5.41, 5.74) is 6.34.